The molecule has 4 heteroatoms. The van der Waals surface area contributed by atoms with Crippen molar-refractivity contribution < 1.29 is 14.3 Å². The van der Waals surface area contributed by atoms with Crippen LogP contribution < -0.4 is 0 Å². The zero-order chi connectivity index (χ0) is 11.5. The summed E-state index contributed by atoms with van der Waals surface area (Å²) in [5, 5.41) is 8.81. The molecule has 0 aromatic carbocycles. The van der Waals surface area contributed by atoms with Gasteiger partial charge in [0, 0.05) is 6.54 Å². The molecule has 1 rings (SSSR count). The van der Waals surface area contributed by atoms with E-state index in [-0.39, 0.29) is 6.42 Å². The summed E-state index contributed by atoms with van der Waals surface area (Å²) in [5.74, 6) is -1.33. The Labute approximate surface area is 90.3 Å². The molecule has 2 unspecified atom stereocenters. The normalized spacial score (nSPS) is 31.1. The lowest BCUT2D eigenvalue weighted by Gasteiger charge is -2.27. The minimum absolute atomic E-state index is 0.179. The van der Waals surface area contributed by atoms with Crippen LogP contribution in [-0.2, 0) is 4.79 Å². The van der Waals surface area contributed by atoms with Crippen molar-refractivity contribution >= 4 is 5.97 Å². The molecule has 15 heavy (non-hydrogen) atoms. The lowest BCUT2D eigenvalue weighted by atomic mass is 10.0. The maximum Gasteiger partial charge on any atom is 0.306 e. The second-order valence-electron chi connectivity index (χ2n) is 4.39. The molecule has 0 aromatic rings. The summed E-state index contributed by atoms with van der Waals surface area (Å²) in [4.78, 5) is 12.8. The molecular formula is C11H20FNO2. The minimum Gasteiger partial charge on any atom is -0.481 e. The van der Waals surface area contributed by atoms with E-state index < -0.39 is 17.6 Å². The van der Waals surface area contributed by atoms with Crippen LogP contribution in [0.4, 0.5) is 4.39 Å². The first-order chi connectivity index (χ1) is 7.00. The summed E-state index contributed by atoms with van der Waals surface area (Å²) in [7, 11) is 0. The van der Waals surface area contributed by atoms with E-state index in [0.29, 0.717) is 19.4 Å². The number of carbonyl (C=O) groups is 1. The topological polar surface area (TPSA) is 40.5 Å². The maximum atomic E-state index is 14.2. The highest BCUT2D eigenvalue weighted by Gasteiger charge is 2.42. The summed E-state index contributed by atoms with van der Waals surface area (Å²) < 4.78 is 14.2. The van der Waals surface area contributed by atoms with E-state index in [9.17, 15) is 9.18 Å². The van der Waals surface area contributed by atoms with E-state index in [1.165, 1.54) is 0 Å². The highest BCUT2D eigenvalue weighted by Crippen LogP contribution is 2.38. The Balaban J connectivity index is 2.51. The molecule has 1 aliphatic rings. The average Bonchev–Trinajstić information content (AvgIpc) is 2.58. The van der Waals surface area contributed by atoms with Crippen molar-refractivity contribution in [3.8, 4) is 0 Å². The van der Waals surface area contributed by atoms with Gasteiger partial charge in [-0.15, -0.1) is 0 Å². The number of halogens is 1. The van der Waals surface area contributed by atoms with Gasteiger partial charge in [-0.2, -0.15) is 0 Å². The summed E-state index contributed by atoms with van der Waals surface area (Å²) in [5.41, 5.74) is -1.28. The maximum absolute atomic E-state index is 14.2. The molecule has 3 nitrogen and oxygen atoms in total. The number of hydrogen-bond acceptors (Lipinski definition) is 2. The van der Waals surface area contributed by atoms with Crippen LogP contribution in [0.1, 0.15) is 33.1 Å². The third-order valence-electron chi connectivity index (χ3n) is 3.30. The Morgan fingerprint density at radius 1 is 1.53 bits per heavy atom. The van der Waals surface area contributed by atoms with E-state index in [1.807, 2.05) is 18.7 Å². The van der Waals surface area contributed by atoms with Gasteiger partial charge in [0.1, 0.15) is 5.67 Å². The summed E-state index contributed by atoms with van der Waals surface area (Å²) in [6.07, 6.45) is 1.05. The fourth-order valence-corrected chi connectivity index (χ4v) is 2.28. The zero-order valence-electron chi connectivity index (χ0n) is 9.50. The Hall–Kier alpha value is -0.640. The first-order valence-electron chi connectivity index (χ1n) is 5.65. The molecule has 0 radical (unpaired) electrons. The van der Waals surface area contributed by atoms with Crippen LogP contribution in [0.15, 0.2) is 0 Å². The highest BCUT2D eigenvalue weighted by atomic mass is 19.1. The molecule has 0 saturated heterocycles. The Morgan fingerprint density at radius 3 is 2.53 bits per heavy atom. The zero-order valence-corrected chi connectivity index (χ0v) is 9.50. The summed E-state index contributed by atoms with van der Waals surface area (Å²) >= 11 is 0. The number of aliphatic carboxylic acids is 1. The van der Waals surface area contributed by atoms with Crippen LogP contribution in [0.25, 0.3) is 0 Å². The lowest BCUT2D eigenvalue weighted by molar-refractivity contribution is -0.141. The number of carboxylic acids is 1. The smallest absolute Gasteiger partial charge is 0.306 e. The minimum atomic E-state index is -1.28. The molecule has 0 heterocycles. The molecule has 2 atom stereocenters. The second kappa shape index (κ2) is 4.92. The van der Waals surface area contributed by atoms with Crippen molar-refractivity contribution in [2.24, 2.45) is 5.92 Å². The van der Waals surface area contributed by atoms with Gasteiger partial charge in [-0.1, -0.05) is 13.8 Å². The molecule has 1 aliphatic carbocycles. The van der Waals surface area contributed by atoms with Gasteiger partial charge in [-0.05, 0) is 32.4 Å². The third-order valence-corrected chi connectivity index (χ3v) is 3.30. The molecule has 0 aliphatic heterocycles. The predicted molar refractivity (Wildman–Crippen MR) is 56.6 cm³/mol. The van der Waals surface area contributed by atoms with Gasteiger partial charge < -0.3 is 10.0 Å². The van der Waals surface area contributed by atoms with Gasteiger partial charge in [0.25, 0.3) is 0 Å². The van der Waals surface area contributed by atoms with Crippen molar-refractivity contribution in [3.05, 3.63) is 0 Å². The third kappa shape index (κ3) is 3.16. The van der Waals surface area contributed by atoms with Crippen molar-refractivity contribution in [1.29, 1.82) is 0 Å². The predicted octanol–water partition coefficient (Wildman–Crippen LogP) is 1.92. The molecule has 1 saturated carbocycles. The van der Waals surface area contributed by atoms with Gasteiger partial charge in [-0.25, -0.2) is 4.39 Å². The molecule has 0 bridgehead atoms. The number of rotatable bonds is 5. The van der Waals surface area contributed by atoms with Crippen molar-refractivity contribution in [2.45, 2.75) is 38.8 Å². The molecule has 0 aromatic heterocycles. The van der Waals surface area contributed by atoms with Gasteiger partial charge in [0.05, 0.1) is 5.92 Å². The molecule has 1 N–H and O–H groups in total. The van der Waals surface area contributed by atoms with Crippen molar-refractivity contribution in [3.63, 3.8) is 0 Å². The van der Waals surface area contributed by atoms with Gasteiger partial charge >= 0.3 is 5.97 Å². The fourth-order valence-electron chi connectivity index (χ4n) is 2.28. The van der Waals surface area contributed by atoms with Crippen molar-refractivity contribution in [1.82, 2.24) is 4.90 Å². The Bertz CT molecular complexity index is 231. The van der Waals surface area contributed by atoms with Crippen LogP contribution in [-0.4, -0.2) is 41.3 Å². The van der Waals surface area contributed by atoms with E-state index in [2.05, 4.69) is 0 Å². The van der Waals surface area contributed by atoms with Gasteiger partial charge in [0.15, 0.2) is 0 Å². The van der Waals surface area contributed by atoms with Gasteiger partial charge in [-0.3, -0.25) is 4.79 Å². The van der Waals surface area contributed by atoms with Crippen LogP contribution in [0, 0.1) is 5.92 Å². The van der Waals surface area contributed by atoms with Crippen LogP contribution in [0.5, 0.6) is 0 Å². The fraction of sp³-hybridized carbons (Fsp3) is 0.909. The summed E-state index contributed by atoms with van der Waals surface area (Å²) in [6, 6.07) is 0. The summed E-state index contributed by atoms with van der Waals surface area (Å²) in [6.45, 7) is 6.01. The van der Waals surface area contributed by atoms with E-state index in [4.69, 9.17) is 5.11 Å². The van der Waals surface area contributed by atoms with Crippen LogP contribution in [0.3, 0.4) is 0 Å². The number of carboxylic acid groups (broad SMARTS) is 1. The molecule has 0 spiro atoms. The first-order valence-corrected chi connectivity index (χ1v) is 5.65. The SMILES string of the molecule is CCN(CC)CC1(F)CCC(C(=O)O)C1. The van der Waals surface area contributed by atoms with E-state index in [0.717, 1.165) is 13.1 Å². The number of alkyl halides is 1. The first kappa shape index (κ1) is 12.4. The van der Waals surface area contributed by atoms with Gasteiger partial charge in [0.2, 0.25) is 0 Å². The molecular weight excluding hydrogens is 197 g/mol. The second-order valence-corrected chi connectivity index (χ2v) is 4.39. The lowest BCUT2D eigenvalue weighted by Crippen LogP contribution is -2.38. The number of hydrogen-bond donors (Lipinski definition) is 1. The molecule has 0 amide bonds. The largest absolute Gasteiger partial charge is 0.481 e. The van der Waals surface area contributed by atoms with Crippen LogP contribution in [0.2, 0.25) is 0 Å². The van der Waals surface area contributed by atoms with E-state index in [1.54, 1.807) is 0 Å². The Kier molecular flexibility index (Phi) is 4.08. The molecule has 1 fully saturated rings. The average molecular weight is 217 g/mol. The number of nitrogens with zero attached hydrogens (tertiary/aromatic N) is 1. The van der Waals surface area contributed by atoms with Crippen LogP contribution >= 0.6 is 0 Å². The van der Waals surface area contributed by atoms with Crippen molar-refractivity contribution in [2.75, 3.05) is 19.6 Å². The quantitative estimate of drug-likeness (QED) is 0.765. The molecule has 88 valence electrons. The monoisotopic (exact) mass is 217 g/mol. The van der Waals surface area contributed by atoms with E-state index >= 15 is 0 Å². The highest BCUT2D eigenvalue weighted by molar-refractivity contribution is 5.70. The standard InChI is InChI=1S/C11H20FNO2/c1-3-13(4-2)8-11(12)6-5-9(7-11)10(14)15/h9H,3-8H2,1-2H3,(H,14,15). The Morgan fingerprint density at radius 2 is 2.13 bits per heavy atom.